The summed E-state index contributed by atoms with van der Waals surface area (Å²) in [5.41, 5.74) is -0.0783. The van der Waals surface area contributed by atoms with Crippen molar-refractivity contribution in [3.8, 4) is 0 Å². The highest BCUT2D eigenvalue weighted by Gasteiger charge is 2.33. The topological polar surface area (TPSA) is 58.2 Å². The average molecular weight is 401 g/mol. The molecular weight excluding hydrogens is 389 g/mol. The number of rotatable bonds is 3. The number of carbonyl (C=O) groups excluding carboxylic acids is 2. The first-order valence-corrected chi connectivity index (χ1v) is 7.52. The van der Waals surface area contributed by atoms with Gasteiger partial charge in [0.2, 0.25) is 5.91 Å². The van der Waals surface area contributed by atoms with E-state index in [0.717, 1.165) is 6.07 Å². The van der Waals surface area contributed by atoms with Crippen molar-refractivity contribution in [2.24, 2.45) is 0 Å². The van der Waals surface area contributed by atoms with Crippen LogP contribution in [0, 0.1) is 0 Å². The normalized spacial score (nSPS) is 11.0. The monoisotopic (exact) mass is 400 g/mol. The predicted molar refractivity (Wildman–Crippen MR) is 87.8 cm³/mol. The van der Waals surface area contributed by atoms with Gasteiger partial charge in [0.15, 0.2) is 0 Å². The van der Waals surface area contributed by atoms with Crippen molar-refractivity contribution in [1.29, 1.82) is 0 Å². The van der Waals surface area contributed by atoms with Crippen LogP contribution in [0.2, 0.25) is 0 Å². The van der Waals surface area contributed by atoms with Crippen LogP contribution in [-0.2, 0) is 11.0 Å². The van der Waals surface area contributed by atoms with E-state index in [0.29, 0.717) is 5.69 Å². The van der Waals surface area contributed by atoms with Crippen LogP contribution in [0.5, 0.6) is 0 Å². The lowest BCUT2D eigenvalue weighted by Gasteiger charge is -2.12. The van der Waals surface area contributed by atoms with Crippen molar-refractivity contribution in [2.45, 2.75) is 13.1 Å². The fourth-order valence-corrected chi connectivity index (χ4v) is 2.40. The molecule has 0 spiro atoms. The number of alkyl halides is 3. The highest BCUT2D eigenvalue weighted by molar-refractivity contribution is 9.10. The summed E-state index contributed by atoms with van der Waals surface area (Å²) in [7, 11) is 0. The third kappa shape index (κ3) is 4.58. The number of benzene rings is 2. The minimum atomic E-state index is -4.53. The number of carbonyl (C=O) groups is 2. The summed E-state index contributed by atoms with van der Waals surface area (Å²) < 4.78 is 38.5. The molecule has 0 radical (unpaired) electrons. The van der Waals surface area contributed by atoms with E-state index in [2.05, 4.69) is 26.6 Å². The van der Waals surface area contributed by atoms with Gasteiger partial charge in [-0.1, -0.05) is 15.9 Å². The molecule has 0 saturated carbocycles. The Balaban J connectivity index is 2.16. The first-order valence-electron chi connectivity index (χ1n) is 6.72. The minimum Gasteiger partial charge on any atom is -0.326 e. The van der Waals surface area contributed by atoms with Gasteiger partial charge < -0.3 is 10.6 Å². The molecule has 0 aliphatic carbocycles. The standard InChI is InChI=1S/C16H12BrF3N2O2/c1-9(23)21-11-4-2-10(3-5-11)15(24)22-12-6-7-14(17)13(8-12)16(18,19)20/h2-8H,1H3,(H,21,23)(H,22,24). The van der Waals surface area contributed by atoms with Gasteiger partial charge in [0.25, 0.3) is 5.91 Å². The number of nitrogens with one attached hydrogen (secondary N) is 2. The van der Waals surface area contributed by atoms with Gasteiger partial charge in [-0.15, -0.1) is 0 Å². The number of anilines is 2. The van der Waals surface area contributed by atoms with E-state index in [1.165, 1.54) is 43.3 Å². The molecule has 2 amide bonds. The van der Waals surface area contributed by atoms with Gasteiger partial charge >= 0.3 is 6.18 Å². The second-order valence-corrected chi connectivity index (χ2v) is 5.76. The molecule has 0 aliphatic rings. The van der Waals surface area contributed by atoms with Gasteiger partial charge in [0, 0.05) is 28.3 Å². The Morgan fingerprint density at radius 1 is 0.958 bits per heavy atom. The van der Waals surface area contributed by atoms with E-state index >= 15 is 0 Å². The molecule has 0 heterocycles. The third-order valence-electron chi connectivity index (χ3n) is 3.00. The van der Waals surface area contributed by atoms with E-state index in [1.54, 1.807) is 0 Å². The molecule has 126 valence electrons. The molecule has 24 heavy (non-hydrogen) atoms. The zero-order valence-electron chi connectivity index (χ0n) is 12.4. The van der Waals surface area contributed by atoms with Crippen LogP contribution >= 0.6 is 15.9 Å². The first kappa shape index (κ1) is 18.0. The van der Waals surface area contributed by atoms with Crippen LogP contribution in [0.4, 0.5) is 24.5 Å². The summed E-state index contributed by atoms with van der Waals surface area (Å²) in [6.07, 6.45) is -4.53. The van der Waals surface area contributed by atoms with Crippen molar-refractivity contribution in [3.05, 3.63) is 58.1 Å². The Bertz CT molecular complexity index is 774. The summed E-state index contributed by atoms with van der Waals surface area (Å²) in [5, 5.41) is 4.96. The van der Waals surface area contributed by atoms with Gasteiger partial charge in [-0.2, -0.15) is 13.2 Å². The van der Waals surface area contributed by atoms with Crippen molar-refractivity contribution in [3.63, 3.8) is 0 Å². The van der Waals surface area contributed by atoms with Crippen molar-refractivity contribution < 1.29 is 22.8 Å². The first-order chi connectivity index (χ1) is 11.2. The van der Waals surface area contributed by atoms with E-state index in [4.69, 9.17) is 0 Å². The largest absolute Gasteiger partial charge is 0.417 e. The molecule has 0 aliphatic heterocycles. The van der Waals surface area contributed by atoms with E-state index in [1.807, 2.05) is 0 Å². The van der Waals surface area contributed by atoms with E-state index < -0.39 is 17.6 Å². The molecule has 0 bridgehead atoms. The Morgan fingerprint density at radius 2 is 1.54 bits per heavy atom. The quantitative estimate of drug-likeness (QED) is 0.785. The van der Waals surface area contributed by atoms with Crippen LogP contribution in [0.15, 0.2) is 46.9 Å². The number of hydrogen-bond donors (Lipinski definition) is 2. The van der Waals surface area contributed by atoms with Crippen LogP contribution in [0.1, 0.15) is 22.8 Å². The molecule has 0 unspecified atom stereocenters. The Hall–Kier alpha value is -2.35. The molecule has 8 heteroatoms. The van der Waals surface area contributed by atoms with Gasteiger partial charge in [0.1, 0.15) is 0 Å². The summed E-state index contributed by atoms with van der Waals surface area (Å²) in [6, 6.07) is 9.42. The second kappa shape index (κ2) is 7.04. The number of hydrogen-bond acceptors (Lipinski definition) is 2. The Kier molecular flexibility index (Phi) is 5.28. The van der Waals surface area contributed by atoms with Crippen molar-refractivity contribution in [1.82, 2.24) is 0 Å². The number of amides is 2. The third-order valence-corrected chi connectivity index (χ3v) is 3.69. The van der Waals surface area contributed by atoms with Crippen molar-refractivity contribution >= 4 is 39.1 Å². The van der Waals surface area contributed by atoms with Crippen LogP contribution < -0.4 is 10.6 Å². The Labute approximate surface area is 144 Å². The molecule has 4 nitrogen and oxygen atoms in total. The highest BCUT2D eigenvalue weighted by atomic mass is 79.9. The SMILES string of the molecule is CC(=O)Nc1ccc(C(=O)Nc2ccc(Br)c(C(F)(F)F)c2)cc1. The maximum atomic E-state index is 12.9. The maximum absolute atomic E-state index is 12.9. The highest BCUT2D eigenvalue weighted by Crippen LogP contribution is 2.36. The van der Waals surface area contributed by atoms with Crippen LogP contribution in [0.3, 0.4) is 0 Å². The molecule has 2 aromatic carbocycles. The van der Waals surface area contributed by atoms with Gasteiger partial charge in [-0.25, -0.2) is 0 Å². The van der Waals surface area contributed by atoms with Gasteiger partial charge in [-0.3, -0.25) is 9.59 Å². The summed E-state index contributed by atoms with van der Waals surface area (Å²) in [6.45, 7) is 1.35. The zero-order chi connectivity index (χ0) is 17.9. The van der Waals surface area contributed by atoms with E-state index in [-0.39, 0.29) is 21.6 Å². The predicted octanol–water partition coefficient (Wildman–Crippen LogP) is 4.68. The summed E-state index contributed by atoms with van der Waals surface area (Å²) >= 11 is 2.84. The second-order valence-electron chi connectivity index (χ2n) is 4.91. The fraction of sp³-hybridized carbons (Fsp3) is 0.125. The molecule has 0 fully saturated rings. The zero-order valence-corrected chi connectivity index (χ0v) is 14.0. The minimum absolute atomic E-state index is 0.0291. The summed E-state index contributed by atoms with van der Waals surface area (Å²) in [4.78, 5) is 23.0. The van der Waals surface area contributed by atoms with Gasteiger partial charge in [0.05, 0.1) is 5.56 Å². The molecule has 0 aromatic heterocycles. The average Bonchev–Trinajstić information content (AvgIpc) is 2.48. The lowest BCUT2D eigenvalue weighted by molar-refractivity contribution is -0.138. The molecule has 2 aromatic rings. The molecule has 0 saturated heterocycles. The van der Waals surface area contributed by atoms with Crippen LogP contribution in [0.25, 0.3) is 0 Å². The smallest absolute Gasteiger partial charge is 0.326 e. The lowest BCUT2D eigenvalue weighted by Crippen LogP contribution is -2.14. The summed E-state index contributed by atoms with van der Waals surface area (Å²) in [5.74, 6) is -0.804. The molecule has 0 atom stereocenters. The van der Waals surface area contributed by atoms with E-state index in [9.17, 15) is 22.8 Å². The maximum Gasteiger partial charge on any atom is 0.417 e. The lowest BCUT2D eigenvalue weighted by atomic mass is 10.1. The molecule has 2 rings (SSSR count). The van der Waals surface area contributed by atoms with Crippen molar-refractivity contribution in [2.75, 3.05) is 10.6 Å². The molecule has 2 N–H and O–H groups in total. The fourth-order valence-electron chi connectivity index (χ4n) is 1.93. The molecular formula is C16H12BrF3N2O2. The number of halogens is 4. The van der Waals surface area contributed by atoms with Crippen LogP contribution in [-0.4, -0.2) is 11.8 Å². The Morgan fingerprint density at radius 3 is 2.08 bits per heavy atom. The van der Waals surface area contributed by atoms with Gasteiger partial charge in [-0.05, 0) is 42.5 Å².